The maximum atomic E-state index is 12.6. The molecule has 0 aliphatic heterocycles. The predicted octanol–water partition coefficient (Wildman–Crippen LogP) is 9.14. The molecule has 0 rings (SSSR count). The lowest BCUT2D eigenvalue weighted by Gasteiger charge is -2.20. The van der Waals surface area contributed by atoms with Gasteiger partial charge in [0.1, 0.15) is 12.6 Å². The molecule has 0 aliphatic carbocycles. The first-order valence-corrected chi connectivity index (χ1v) is 21.6. The number of aliphatic hydroxyl groups is 1. The largest absolute Gasteiger partial charge is 0.480 e. The second-order valence-electron chi connectivity index (χ2n) is 13.2. The van der Waals surface area contributed by atoms with Crippen LogP contribution in [0.1, 0.15) is 136 Å². The summed E-state index contributed by atoms with van der Waals surface area (Å²) < 4.78 is 32.4. The highest BCUT2D eigenvalue weighted by atomic mass is 31.2. The van der Waals surface area contributed by atoms with Gasteiger partial charge in [0.2, 0.25) is 0 Å². The third-order valence-corrected chi connectivity index (χ3v) is 8.99. The minimum atomic E-state index is -4.76. The number of carbonyl (C=O) groups excluding carboxylic acids is 2. The molecular weight excluding hydrogens is 725 g/mol. The molecule has 55 heavy (non-hydrogen) atoms. The Hall–Kier alpha value is -3.12. The normalized spacial score (nSPS) is 15.1. The van der Waals surface area contributed by atoms with Gasteiger partial charge in [-0.3, -0.25) is 23.4 Å². The molecule has 314 valence electrons. The minimum absolute atomic E-state index is 0.0141. The van der Waals surface area contributed by atoms with Crippen LogP contribution in [0.25, 0.3) is 0 Å². The quantitative estimate of drug-likeness (QED) is 0.0155. The number of aliphatic hydroxyl groups excluding tert-OH is 1. The number of nitrogens with two attached hydrogens (primary N) is 1. The first kappa shape index (κ1) is 51.9. The van der Waals surface area contributed by atoms with Crippen LogP contribution in [0.3, 0.4) is 0 Å². The summed E-state index contributed by atoms with van der Waals surface area (Å²) in [5.41, 5.74) is 5.31. The molecule has 12 nitrogen and oxygen atoms in total. The molecule has 13 heteroatoms. The van der Waals surface area contributed by atoms with Gasteiger partial charge in [-0.2, -0.15) is 0 Å². The molecule has 0 saturated carbocycles. The number of unbranched alkanes of at least 4 members (excludes halogenated alkanes) is 9. The van der Waals surface area contributed by atoms with Crippen molar-refractivity contribution >= 4 is 25.7 Å². The SMILES string of the molecule is CC/C=C\C/C=C\C/C=C\C/C=C\C=C\C(O)CCCC(=O)OC[C@H](COP(=O)(O)OC[C@H](N)C(=O)O)OC(=O)CCCCCCC/C=C\CCCCCC. The zero-order valence-electron chi connectivity index (χ0n) is 33.3. The van der Waals surface area contributed by atoms with Crippen molar-refractivity contribution < 1.29 is 52.6 Å². The minimum Gasteiger partial charge on any atom is -0.480 e. The number of allylic oxidation sites excluding steroid dienone is 11. The molecule has 0 bridgehead atoms. The molecule has 0 aromatic rings. The maximum Gasteiger partial charge on any atom is 0.472 e. The van der Waals surface area contributed by atoms with E-state index in [2.05, 4.69) is 67.0 Å². The molecule has 0 aromatic carbocycles. The predicted molar refractivity (Wildman–Crippen MR) is 218 cm³/mol. The Bertz CT molecular complexity index is 1230. The molecule has 4 atom stereocenters. The van der Waals surface area contributed by atoms with E-state index in [1.54, 1.807) is 12.2 Å². The van der Waals surface area contributed by atoms with Crippen LogP contribution in [0, 0.1) is 0 Å². The highest BCUT2D eigenvalue weighted by Crippen LogP contribution is 2.43. The van der Waals surface area contributed by atoms with E-state index in [4.69, 9.17) is 24.8 Å². The molecule has 5 N–H and O–H groups in total. The molecule has 0 fully saturated rings. The number of ether oxygens (including phenoxy) is 2. The molecule has 0 saturated heterocycles. The van der Waals surface area contributed by atoms with Gasteiger partial charge in [-0.25, -0.2) is 4.57 Å². The van der Waals surface area contributed by atoms with Gasteiger partial charge in [-0.05, 0) is 70.6 Å². The third-order valence-electron chi connectivity index (χ3n) is 8.04. The third kappa shape index (κ3) is 36.3. The van der Waals surface area contributed by atoms with Gasteiger partial charge in [0.05, 0.1) is 19.3 Å². The molecule has 0 aromatic heterocycles. The van der Waals surface area contributed by atoms with Gasteiger partial charge in [0, 0.05) is 12.8 Å². The van der Waals surface area contributed by atoms with Gasteiger partial charge in [0.15, 0.2) is 6.10 Å². The number of phosphoric acid groups is 1. The van der Waals surface area contributed by atoms with E-state index in [0.29, 0.717) is 19.3 Å². The van der Waals surface area contributed by atoms with Crippen molar-refractivity contribution in [3.63, 3.8) is 0 Å². The molecule has 0 amide bonds. The van der Waals surface area contributed by atoms with Crippen molar-refractivity contribution in [3.05, 3.63) is 72.9 Å². The summed E-state index contributed by atoms with van der Waals surface area (Å²) in [7, 11) is -4.76. The van der Waals surface area contributed by atoms with E-state index < -0.39 is 63.8 Å². The van der Waals surface area contributed by atoms with E-state index >= 15 is 0 Å². The molecule has 0 radical (unpaired) electrons. The van der Waals surface area contributed by atoms with Gasteiger partial charge in [0.25, 0.3) is 0 Å². The lowest BCUT2D eigenvalue weighted by Crippen LogP contribution is -2.34. The summed E-state index contributed by atoms with van der Waals surface area (Å²) in [5, 5.41) is 19.1. The summed E-state index contributed by atoms with van der Waals surface area (Å²) >= 11 is 0. The van der Waals surface area contributed by atoms with Crippen LogP contribution in [-0.4, -0.2) is 71.1 Å². The monoisotopic (exact) mass is 795 g/mol. The van der Waals surface area contributed by atoms with Crippen LogP contribution in [0.5, 0.6) is 0 Å². The number of carboxylic acid groups (broad SMARTS) is 1. The van der Waals surface area contributed by atoms with E-state index in [-0.39, 0.29) is 12.8 Å². The zero-order chi connectivity index (χ0) is 40.8. The van der Waals surface area contributed by atoms with Crippen LogP contribution in [-0.2, 0) is 37.5 Å². The van der Waals surface area contributed by atoms with Crippen LogP contribution in [0.2, 0.25) is 0 Å². The summed E-state index contributed by atoms with van der Waals surface area (Å²) in [6.07, 6.45) is 38.6. The molecule has 0 heterocycles. The molecular formula is C42H70NO11P. The van der Waals surface area contributed by atoms with Gasteiger partial charge in [-0.15, -0.1) is 0 Å². The van der Waals surface area contributed by atoms with Crippen molar-refractivity contribution in [2.45, 2.75) is 154 Å². The van der Waals surface area contributed by atoms with E-state index in [0.717, 1.165) is 64.2 Å². The van der Waals surface area contributed by atoms with Gasteiger partial charge >= 0.3 is 25.7 Å². The Morgan fingerprint density at radius 3 is 1.87 bits per heavy atom. The lowest BCUT2D eigenvalue weighted by atomic mass is 10.1. The topological polar surface area (TPSA) is 192 Å². The van der Waals surface area contributed by atoms with E-state index in [1.807, 2.05) is 12.2 Å². The van der Waals surface area contributed by atoms with Crippen LogP contribution < -0.4 is 5.73 Å². The number of phosphoric ester groups is 1. The Morgan fingerprint density at radius 1 is 0.673 bits per heavy atom. The Morgan fingerprint density at radius 2 is 1.24 bits per heavy atom. The summed E-state index contributed by atoms with van der Waals surface area (Å²) in [4.78, 5) is 45.8. The number of esters is 2. The van der Waals surface area contributed by atoms with Crippen molar-refractivity contribution in [3.8, 4) is 0 Å². The Labute approximate surface area is 330 Å². The first-order chi connectivity index (χ1) is 26.5. The first-order valence-electron chi connectivity index (χ1n) is 20.1. The summed E-state index contributed by atoms with van der Waals surface area (Å²) in [6, 6.07) is -1.55. The Kier molecular flexibility index (Phi) is 34.4. The second kappa shape index (κ2) is 36.5. The highest BCUT2D eigenvalue weighted by molar-refractivity contribution is 7.47. The number of hydrogen-bond acceptors (Lipinski definition) is 10. The molecule has 2 unspecified atom stereocenters. The zero-order valence-corrected chi connectivity index (χ0v) is 34.2. The lowest BCUT2D eigenvalue weighted by molar-refractivity contribution is -0.161. The number of rotatable bonds is 36. The number of carboxylic acids is 1. The second-order valence-corrected chi connectivity index (χ2v) is 14.7. The fraction of sp³-hybridized carbons (Fsp3) is 0.643. The fourth-order valence-electron chi connectivity index (χ4n) is 4.85. The summed E-state index contributed by atoms with van der Waals surface area (Å²) in [6.45, 7) is 2.43. The number of hydrogen-bond donors (Lipinski definition) is 4. The van der Waals surface area contributed by atoms with Crippen molar-refractivity contribution in [2.24, 2.45) is 5.73 Å². The van der Waals surface area contributed by atoms with Crippen LogP contribution in [0.15, 0.2) is 72.9 Å². The maximum absolute atomic E-state index is 12.6. The average molecular weight is 796 g/mol. The van der Waals surface area contributed by atoms with Crippen LogP contribution >= 0.6 is 7.82 Å². The molecule has 0 spiro atoms. The highest BCUT2D eigenvalue weighted by Gasteiger charge is 2.28. The standard InChI is InChI=1S/C42H70NO11P/c1-3-5-7-9-11-13-15-17-19-21-23-25-27-30-37(44)31-29-33-40(45)51-34-38(35-52-55(49,50)53-36-39(43)42(47)48)54-41(46)32-28-26-24-22-20-18-16-14-12-10-8-6-4-2/h5,7,11,13-14,16-17,19,23,25,27,30,37-39,44H,3-4,6,8-10,12,15,18,20-22,24,26,28-29,31-36,43H2,1-2H3,(H,47,48)(H,49,50)/b7-5-,13-11-,16-14-,19-17-,25-23-,30-27+/t37?,38-,39+/m1/s1. The number of carbonyl (C=O) groups is 3. The summed E-state index contributed by atoms with van der Waals surface area (Å²) in [5.74, 6) is -2.63. The van der Waals surface area contributed by atoms with E-state index in [9.17, 15) is 28.9 Å². The van der Waals surface area contributed by atoms with Gasteiger partial charge in [-0.1, -0.05) is 125 Å². The smallest absolute Gasteiger partial charge is 0.472 e. The van der Waals surface area contributed by atoms with Crippen molar-refractivity contribution in [2.75, 3.05) is 19.8 Å². The molecule has 0 aliphatic rings. The average Bonchev–Trinajstić information content (AvgIpc) is 3.15. The van der Waals surface area contributed by atoms with Crippen LogP contribution in [0.4, 0.5) is 0 Å². The van der Waals surface area contributed by atoms with E-state index in [1.165, 1.54) is 25.7 Å². The Balaban J connectivity index is 4.64. The van der Waals surface area contributed by atoms with Crippen molar-refractivity contribution in [1.82, 2.24) is 0 Å². The fourth-order valence-corrected chi connectivity index (χ4v) is 5.63. The van der Waals surface area contributed by atoms with Crippen molar-refractivity contribution in [1.29, 1.82) is 0 Å². The number of aliphatic carboxylic acids is 1. The van der Waals surface area contributed by atoms with Gasteiger partial charge < -0.3 is 30.3 Å².